The smallest absolute Gasteiger partial charge is 0.295 e. The minimum absolute atomic E-state index is 0.0538. The lowest BCUT2D eigenvalue weighted by Gasteiger charge is -2.25. The molecule has 0 bridgehead atoms. The lowest BCUT2D eigenvalue weighted by molar-refractivity contribution is -0.140. The molecule has 1 saturated heterocycles. The molecule has 0 saturated carbocycles. The lowest BCUT2D eigenvalue weighted by atomic mass is 9.95. The van der Waals surface area contributed by atoms with Crippen LogP contribution in [0.25, 0.3) is 5.76 Å². The fourth-order valence-electron chi connectivity index (χ4n) is 4.12. The van der Waals surface area contributed by atoms with Crippen molar-refractivity contribution in [3.8, 4) is 17.2 Å². The lowest BCUT2D eigenvalue weighted by Crippen LogP contribution is -2.29. The molecule has 3 aromatic rings. The summed E-state index contributed by atoms with van der Waals surface area (Å²) in [7, 11) is 4.46. The molecule has 2 aromatic carbocycles. The topological polar surface area (TPSA) is 98.2 Å². The first kappa shape index (κ1) is 22.8. The van der Waals surface area contributed by atoms with Gasteiger partial charge in [0, 0.05) is 18.9 Å². The third-order valence-electron chi connectivity index (χ3n) is 5.71. The predicted molar refractivity (Wildman–Crippen MR) is 125 cm³/mol. The Hall–Kier alpha value is -4.33. The van der Waals surface area contributed by atoms with Gasteiger partial charge in [0.15, 0.2) is 0 Å². The number of carbonyl (C=O) groups is 2. The molecule has 1 amide bonds. The molecule has 8 nitrogen and oxygen atoms in total. The summed E-state index contributed by atoms with van der Waals surface area (Å²) in [5, 5.41) is 11.4. The first-order chi connectivity index (χ1) is 16.5. The third kappa shape index (κ3) is 4.05. The molecule has 1 aromatic heterocycles. The molecule has 1 aliphatic rings. The van der Waals surface area contributed by atoms with E-state index in [1.165, 1.54) is 19.1 Å². The molecule has 34 heavy (non-hydrogen) atoms. The number of rotatable bonds is 7. The van der Waals surface area contributed by atoms with Crippen LogP contribution in [0.4, 0.5) is 0 Å². The van der Waals surface area contributed by atoms with E-state index in [0.29, 0.717) is 22.8 Å². The van der Waals surface area contributed by atoms with Crippen molar-refractivity contribution < 1.29 is 28.9 Å². The zero-order valence-corrected chi connectivity index (χ0v) is 19.0. The molecule has 4 rings (SSSR count). The Morgan fingerprint density at radius 1 is 0.941 bits per heavy atom. The fourth-order valence-corrected chi connectivity index (χ4v) is 4.12. The van der Waals surface area contributed by atoms with E-state index in [2.05, 4.69) is 4.98 Å². The molecule has 1 atom stereocenters. The van der Waals surface area contributed by atoms with Crippen LogP contribution >= 0.6 is 0 Å². The minimum Gasteiger partial charge on any atom is -0.506 e. The van der Waals surface area contributed by atoms with E-state index >= 15 is 0 Å². The standard InChI is InChI=1S/C26H24N2O6/c1-32-18-7-4-6-16(14-18)15-28-23(17-10-12-27-13-11-17)22(25(30)26(28)31)24(29)21-19(33-2)8-5-9-20(21)34-3/h4-14,23,29H,15H2,1-3H3/b24-22+. The van der Waals surface area contributed by atoms with Crippen LogP contribution in [0.1, 0.15) is 22.7 Å². The Morgan fingerprint density at radius 2 is 1.59 bits per heavy atom. The van der Waals surface area contributed by atoms with Gasteiger partial charge in [0.05, 0.1) is 32.9 Å². The second-order valence-electron chi connectivity index (χ2n) is 7.60. The van der Waals surface area contributed by atoms with Crippen molar-refractivity contribution in [3.05, 3.63) is 89.3 Å². The maximum Gasteiger partial charge on any atom is 0.295 e. The molecule has 1 aliphatic heterocycles. The van der Waals surface area contributed by atoms with Crippen molar-refractivity contribution in [3.63, 3.8) is 0 Å². The van der Waals surface area contributed by atoms with E-state index < -0.39 is 17.7 Å². The third-order valence-corrected chi connectivity index (χ3v) is 5.71. The molecule has 174 valence electrons. The van der Waals surface area contributed by atoms with Crippen LogP contribution in [-0.4, -0.2) is 48.0 Å². The molecule has 0 aliphatic carbocycles. The highest BCUT2D eigenvalue weighted by Crippen LogP contribution is 2.43. The van der Waals surface area contributed by atoms with Gasteiger partial charge >= 0.3 is 0 Å². The Balaban J connectivity index is 1.90. The van der Waals surface area contributed by atoms with Gasteiger partial charge in [0.2, 0.25) is 0 Å². The van der Waals surface area contributed by atoms with Crippen molar-refractivity contribution in [1.82, 2.24) is 9.88 Å². The molecule has 1 unspecified atom stereocenters. The van der Waals surface area contributed by atoms with Gasteiger partial charge in [-0.2, -0.15) is 0 Å². The zero-order valence-electron chi connectivity index (χ0n) is 19.0. The summed E-state index contributed by atoms with van der Waals surface area (Å²) in [5.74, 6) is -0.639. The number of hydrogen-bond acceptors (Lipinski definition) is 7. The van der Waals surface area contributed by atoms with Gasteiger partial charge in [-0.1, -0.05) is 18.2 Å². The van der Waals surface area contributed by atoms with Crippen LogP contribution in [-0.2, 0) is 16.1 Å². The summed E-state index contributed by atoms with van der Waals surface area (Å²) in [4.78, 5) is 32.0. The number of hydrogen-bond donors (Lipinski definition) is 1. The number of carbonyl (C=O) groups excluding carboxylic acids is 2. The minimum atomic E-state index is -0.844. The van der Waals surface area contributed by atoms with Crippen LogP contribution in [0.15, 0.2) is 72.6 Å². The SMILES string of the molecule is COc1cccc(CN2C(=O)C(=O)/C(=C(/O)c3c(OC)cccc3OC)C2c2ccncc2)c1. The Bertz CT molecular complexity index is 1230. The maximum atomic E-state index is 13.3. The van der Waals surface area contributed by atoms with E-state index in [-0.39, 0.29) is 23.4 Å². The van der Waals surface area contributed by atoms with Crippen LogP contribution in [0.2, 0.25) is 0 Å². The van der Waals surface area contributed by atoms with Gasteiger partial charge < -0.3 is 24.2 Å². The Labute approximate surface area is 197 Å². The molecular weight excluding hydrogens is 436 g/mol. The van der Waals surface area contributed by atoms with Crippen LogP contribution < -0.4 is 14.2 Å². The molecular formula is C26H24N2O6. The first-order valence-electron chi connectivity index (χ1n) is 10.5. The number of aromatic nitrogens is 1. The summed E-state index contributed by atoms with van der Waals surface area (Å²) in [6.07, 6.45) is 3.15. The molecule has 8 heteroatoms. The highest BCUT2D eigenvalue weighted by Gasteiger charge is 2.46. The number of aliphatic hydroxyl groups is 1. The van der Waals surface area contributed by atoms with Crippen LogP contribution in [0, 0.1) is 0 Å². The van der Waals surface area contributed by atoms with Crippen molar-refractivity contribution in [2.45, 2.75) is 12.6 Å². The van der Waals surface area contributed by atoms with E-state index in [1.807, 2.05) is 12.1 Å². The Kier molecular flexibility index (Phi) is 6.49. The number of ketones is 1. The van der Waals surface area contributed by atoms with Gasteiger partial charge in [-0.15, -0.1) is 0 Å². The highest BCUT2D eigenvalue weighted by atomic mass is 16.5. The maximum absolute atomic E-state index is 13.3. The van der Waals surface area contributed by atoms with E-state index in [0.717, 1.165) is 5.56 Å². The largest absolute Gasteiger partial charge is 0.506 e. The number of methoxy groups -OCH3 is 3. The van der Waals surface area contributed by atoms with Crippen LogP contribution in [0.5, 0.6) is 17.2 Å². The van der Waals surface area contributed by atoms with Gasteiger partial charge in [-0.25, -0.2) is 0 Å². The molecule has 2 heterocycles. The number of Topliss-reactive ketones (excluding diaryl/α,β-unsaturated/α-hetero) is 1. The number of likely N-dealkylation sites (tertiary alicyclic amines) is 1. The summed E-state index contributed by atoms with van der Waals surface area (Å²) in [6, 6.07) is 14.8. The predicted octanol–water partition coefficient (Wildman–Crippen LogP) is 3.73. The number of ether oxygens (including phenoxy) is 3. The van der Waals surface area contributed by atoms with Gasteiger partial charge in [-0.05, 0) is 47.5 Å². The normalized spacial score (nSPS) is 17.0. The second-order valence-corrected chi connectivity index (χ2v) is 7.60. The quantitative estimate of drug-likeness (QED) is 0.326. The van der Waals surface area contributed by atoms with Gasteiger partial charge in [0.25, 0.3) is 11.7 Å². The van der Waals surface area contributed by atoms with E-state index in [4.69, 9.17) is 14.2 Å². The van der Waals surface area contributed by atoms with Crippen molar-refractivity contribution in [2.75, 3.05) is 21.3 Å². The Morgan fingerprint density at radius 3 is 2.21 bits per heavy atom. The molecule has 1 fully saturated rings. The van der Waals surface area contributed by atoms with Gasteiger partial charge in [-0.3, -0.25) is 14.6 Å². The monoisotopic (exact) mass is 460 g/mol. The number of benzene rings is 2. The van der Waals surface area contributed by atoms with Crippen LogP contribution in [0.3, 0.4) is 0 Å². The van der Waals surface area contributed by atoms with E-state index in [1.54, 1.807) is 62.0 Å². The summed E-state index contributed by atoms with van der Waals surface area (Å²) >= 11 is 0. The average Bonchev–Trinajstić information content (AvgIpc) is 3.13. The number of amides is 1. The molecule has 1 N–H and O–H groups in total. The summed E-state index contributed by atoms with van der Waals surface area (Å²) in [6.45, 7) is 0.134. The molecule has 0 radical (unpaired) electrons. The first-order valence-corrected chi connectivity index (χ1v) is 10.5. The summed E-state index contributed by atoms with van der Waals surface area (Å²) < 4.78 is 16.1. The molecule has 0 spiro atoms. The van der Waals surface area contributed by atoms with Crippen molar-refractivity contribution >= 4 is 17.4 Å². The van der Waals surface area contributed by atoms with Crippen molar-refractivity contribution in [1.29, 1.82) is 0 Å². The van der Waals surface area contributed by atoms with Gasteiger partial charge in [0.1, 0.15) is 28.6 Å². The number of aliphatic hydroxyl groups excluding tert-OH is 1. The number of nitrogens with zero attached hydrogens (tertiary/aromatic N) is 2. The van der Waals surface area contributed by atoms with E-state index in [9.17, 15) is 14.7 Å². The highest BCUT2D eigenvalue weighted by molar-refractivity contribution is 6.46. The average molecular weight is 460 g/mol. The zero-order chi connectivity index (χ0) is 24.2. The fraction of sp³-hybridized carbons (Fsp3) is 0.192. The van der Waals surface area contributed by atoms with Crippen molar-refractivity contribution in [2.24, 2.45) is 0 Å². The summed E-state index contributed by atoms with van der Waals surface area (Å²) in [5.41, 5.74) is 1.55. The second kappa shape index (κ2) is 9.66. The number of pyridine rings is 1.